The summed E-state index contributed by atoms with van der Waals surface area (Å²) in [7, 11) is 1.27. The van der Waals surface area contributed by atoms with Crippen LogP contribution in [0.3, 0.4) is 0 Å². The van der Waals surface area contributed by atoms with Crippen LogP contribution in [0.4, 0.5) is 0 Å². The minimum Gasteiger partial charge on any atom is -0.466 e. The van der Waals surface area contributed by atoms with Crippen molar-refractivity contribution in [3.63, 3.8) is 0 Å². The van der Waals surface area contributed by atoms with Crippen molar-refractivity contribution in [2.24, 2.45) is 0 Å². The lowest BCUT2D eigenvalue weighted by Crippen LogP contribution is -2.40. The molecule has 1 atom stereocenters. The van der Waals surface area contributed by atoms with Gasteiger partial charge in [-0.25, -0.2) is 4.79 Å². The summed E-state index contributed by atoms with van der Waals surface area (Å²) in [6.45, 7) is 2.13. The predicted octanol–water partition coefficient (Wildman–Crippen LogP) is 3.18. The minimum atomic E-state index is -0.814. The van der Waals surface area contributed by atoms with E-state index in [-0.39, 0.29) is 25.0 Å². The number of rotatable bonds is 9. The van der Waals surface area contributed by atoms with Gasteiger partial charge in [-0.1, -0.05) is 66.7 Å². The molecular formula is C28H29N3O5. The molecule has 0 saturated carbocycles. The topological polar surface area (TPSA) is 114 Å². The lowest BCUT2D eigenvalue weighted by molar-refractivity contribution is -0.139. The predicted molar refractivity (Wildman–Crippen MR) is 137 cm³/mol. The summed E-state index contributed by atoms with van der Waals surface area (Å²) in [4.78, 5) is 48.3. The summed E-state index contributed by atoms with van der Waals surface area (Å²) in [6.07, 6.45) is 3.15. The summed E-state index contributed by atoms with van der Waals surface area (Å²) in [6, 6.07) is 20.7. The van der Waals surface area contributed by atoms with Gasteiger partial charge >= 0.3 is 17.8 Å². The fourth-order valence-corrected chi connectivity index (χ4v) is 3.73. The second kappa shape index (κ2) is 12.9. The Bertz CT molecular complexity index is 1280. The van der Waals surface area contributed by atoms with Crippen LogP contribution in [0.15, 0.2) is 78.9 Å². The molecule has 0 aromatic heterocycles. The number of amides is 3. The average molecular weight is 488 g/mol. The maximum atomic E-state index is 13.1. The highest BCUT2D eigenvalue weighted by molar-refractivity contribution is 6.35. The van der Waals surface area contributed by atoms with Crippen molar-refractivity contribution in [2.45, 2.75) is 25.9 Å². The monoisotopic (exact) mass is 487 g/mol. The zero-order valence-electron chi connectivity index (χ0n) is 20.2. The Kier molecular flexibility index (Phi) is 9.33. The van der Waals surface area contributed by atoms with Crippen LogP contribution >= 0.6 is 0 Å². The van der Waals surface area contributed by atoms with E-state index >= 15 is 0 Å². The first-order chi connectivity index (χ1) is 17.4. The summed E-state index contributed by atoms with van der Waals surface area (Å²) in [5, 5.41) is 10.2. The molecule has 0 fully saturated rings. The van der Waals surface area contributed by atoms with E-state index in [2.05, 4.69) is 20.7 Å². The van der Waals surface area contributed by atoms with Crippen LogP contribution < -0.4 is 16.0 Å². The molecule has 3 amide bonds. The van der Waals surface area contributed by atoms with Crippen LogP contribution in [0.1, 0.15) is 40.9 Å². The van der Waals surface area contributed by atoms with Gasteiger partial charge < -0.3 is 20.7 Å². The number of carbonyl (C=O) groups excluding carboxylic acids is 4. The van der Waals surface area contributed by atoms with E-state index in [9.17, 15) is 19.2 Å². The van der Waals surface area contributed by atoms with Gasteiger partial charge in [0.1, 0.15) is 0 Å². The van der Waals surface area contributed by atoms with Crippen LogP contribution in [-0.2, 0) is 25.7 Å². The number of nitrogens with one attached hydrogen (secondary N) is 3. The van der Waals surface area contributed by atoms with Gasteiger partial charge in [0.05, 0.1) is 13.2 Å². The Hall–Kier alpha value is -4.46. The first-order valence-corrected chi connectivity index (χ1v) is 11.6. The molecular weight excluding hydrogens is 458 g/mol. The zero-order valence-corrected chi connectivity index (χ0v) is 20.2. The Morgan fingerprint density at radius 1 is 0.889 bits per heavy atom. The SMILES string of the molecule is COC(=O)/C=C/CCNC(=O)C(=O)NCc1ccccc1C(=O)N[C@H](C)c1cccc2ccccc12. The van der Waals surface area contributed by atoms with Gasteiger partial charge in [0, 0.05) is 24.7 Å². The highest BCUT2D eigenvalue weighted by Gasteiger charge is 2.18. The largest absolute Gasteiger partial charge is 0.466 e. The lowest BCUT2D eigenvalue weighted by Gasteiger charge is -2.18. The van der Waals surface area contributed by atoms with Crippen LogP contribution in [0.5, 0.6) is 0 Å². The molecule has 3 aromatic rings. The normalized spacial score (nSPS) is 11.6. The Morgan fingerprint density at radius 2 is 1.58 bits per heavy atom. The van der Waals surface area contributed by atoms with Gasteiger partial charge in [0.15, 0.2) is 0 Å². The van der Waals surface area contributed by atoms with E-state index in [1.807, 2.05) is 49.4 Å². The van der Waals surface area contributed by atoms with Gasteiger partial charge in [0.2, 0.25) is 0 Å². The van der Waals surface area contributed by atoms with E-state index in [4.69, 9.17) is 0 Å². The molecule has 186 valence electrons. The first kappa shape index (κ1) is 26.2. The quantitative estimate of drug-likeness (QED) is 0.186. The third-order valence-electron chi connectivity index (χ3n) is 5.60. The molecule has 36 heavy (non-hydrogen) atoms. The van der Waals surface area contributed by atoms with Crippen LogP contribution in [0, 0.1) is 0 Å². The third-order valence-corrected chi connectivity index (χ3v) is 5.60. The Balaban J connectivity index is 1.57. The van der Waals surface area contributed by atoms with Gasteiger partial charge in [0.25, 0.3) is 5.91 Å². The number of ether oxygens (including phenoxy) is 1. The van der Waals surface area contributed by atoms with E-state index < -0.39 is 17.8 Å². The smallest absolute Gasteiger partial charge is 0.330 e. The average Bonchev–Trinajstić information content (AvgIpc) is 2.90. The maximum Gasteiger partial charge on any atom is 0.330 e. The fraction of sp³-hybridized carbons (Fsp3) is 0.214. The number of hydrogen-bond acceptors (Lipinski definition) is 5. The number of methoxy groups -OCH3 is 1. The van der Waals surface area contributed by atoms with Crippen LogP contribution in [0.25, 0.3) is 10.8 Å². The maximum absolute atomic E-state index is 13.1. The fourth-order valence-electron chi connectivity index (χ4n) is 3.73. The first-order valence-electron chi connectivity index (χ1n) is 11.6. The minimum absolute atomic E-state index is 0.0146. The molecule has 3 aromatic carbocycles. The molecule has 0 aliphatic carbocycles. The van der Waals surface area contributed by atoms with E-state index in [1.165, 1.54) is 19.3 Å². The van der Waals surface area contributed by atoms with Crippen LogP contribution in [-0.4, -0.2) is 37.3 Å². The van der Waals surface area contributed by atoms with Crippen LogP contribution in [0.2, 0.25) is 0 Å². The van der Waals surface area contributed by atoms with Crippen molar-refractivity contribution in [3.8, 4) is 0 Å². The molecule has 0 spiro atoms. The third kappa shape index (κ3) is 7.02. The van der Waals surface area contributed by atoms with E-state index in [0.717, 1.165) is 16.3 Å². The standard InChI is InChI=1S/C28H29N3O5/c1-19(22-15-9-12-20-10-3-5-13-23(20)22)31-26(33)24-14-6-4-11-21(24)18-30-28(35)27(34)29-17-8-7-16-25(32)36-2/h3-7,9-16,19H,8,17-18H2,1-2H3,(H,29,34)(H,30,35)(H,31,33)/b16-7+/t19-/m1/s1. The zero-order chi connectivity index (χ0) is 25.9. The number of hydrogen-bond donors (Lipinski definition) is 3. The molecule has 0 heterocycles. The molecule has 3 rings (SSSR count). The van der Waals surface area contributed by atoms with Gasteiger partial charge in [-0.3, -0.25) is 14.4 Å². The summed E-state index contributed by atoms with van der Waals surface area (Å²) in [5.74, 6) is -2.38. The molecule has 8 nitrogen and oxygen atoms in total. The van der Waals surface area contributed by atoms with Crippen molar-refractivity contribution < 1.29 is 23.9 Å². The summed E-state index contributed by atoms with van der Waals surface area (Å²) < 4.78 is 4.47. The molecule has 0 aliphatic rings. The number of fused-ring (bicyclic) bond motifs is 1. The summed E-state index contributed by atoms with van der Waals surface area (Å²) >= 11 is 0. The van der Waals surface area contributed by atoms with Crippen molar-refractivity contribution >= 4 is 34.5 Å². The van der Waals surface area contributed by atoms with Crippen molar-refractivity contribution in [2.75, 3.05) is 13.7 Å². The van der Waals surface area contributed by atoms with Crippen molar-refractivity contribution in [1.29, 1.82) is 0 Å². The Morgan fingerprint density at radius 3 is 2.39 bits per heavy atom. The van der Waals surface area contributed by atoms with Gasteiger partial charge in [-0.2, -0.15) is 0 Å². The number of carbonyl (C=O) groups is 4. The summed E-state index contributed by atoms with van der Waals surface area (Å²) in [5.41, 5.74) is 2.01. The molecule has 0 bridgehead atoms. The second-order valence-corrected chi connectivity index (χ2v) is 8.07. The van der Waals surface area contributed by atoms with Crippen molar-refractivity contribution in [1.82, 2.24) is 16.0 Å². The molecule has 0 saturated heterocycles. The molecule has 0 aliphatic heterocycles. The Labute approximate surface area is 209 Å². The highest BCUT2D eigenvalue weighted by Crippen LogP contribution is 2.24. The number of esters is 1. The molecule has 3 N–H and O–H groups in total. The van der Waals surface area contributed by atoms with Gasteiger partial charge in [-0.05, 0) is 41.3 Å². The number of benzene rings is 3. The second-order valence-electron chi connectivity index (χ2n) is 8.07. The molecule has 8 heteroatoms. The van der Waals surface area contributed by atoms with E-state index in [1.54, 1.807) is 24.3 Å². The molecule has 0 radical (unpaired) electrons. The van der Waals surface area contributed by atoms with E-state index in [0.29, 0.717) is 17.5 Å². The van der Waals surface area contributed by atoms with Crippen molar-refractivity contribution in [3.05, 3.63) is 95.6 Å². The van der Waals surface area contributed by atoms with Gasteiger partial charge in [-0.15, -0.1) is 0 Å². The lowest BCUT2D eigenvalue weighted by atomic mass is 9.99. The highest BCUT2D eigenvalue weighted by atomic mass is 16.5. The molecule has 0 unspecified atom stereocenters.